The predicted molar refractivity (Wildman–Crippen MR) is 159 cm³/mol. The van der Waals surface area contributed by atoms with Crippen LogP contribution in [0.15, 0.2) is 54.7 Å². The topological polar surface area (TPSA) is 53.4 Å². The zero-order valence-electron chi connectivity index (χ0n) is 24.4. The molecule has 0 amide bonds. The van der Waals surface area contributed by atoms with Crippen LogP contribution in [0.25, 0.3) is 22.0 Å². The van der Waals surface area contributed by atoms with Crippen molar-refractivity contribution in [3.8, 4) is 11.3 Å². The van der Waals surface area contributed by atoms with Crippen LogP contribution < -0.4 is 0 Å². The third-order valence-electron chi connectivity index (χ3n) is 9.83. The Morgan fingerprint density at radius 3 is 2.23 bits per heavy atom. The molecule has 1 aromatic heterocycles. The minimum Gasteiger partial charge on any atom is -0.392 e. The predicted octanol–water partition coefficient (Wildman–Crippen LogP) is 8.25. The van der Waals surface area contributed by atoms with E-state index in [-0.39, 0.29) is 38.2 Å². The summed E-state index contributed by atoms with van der Waals surface area (Å²) in [5.74, 6) is 2.58. The zero-order valence-corrected chi connectivity index (χ0v) is 26.8. The molecule has 4 heteroatoms. The number of nitrogens with zero attached hydrogens (tertiary/aromatic N) is 1. The van der Waals surface area contributed by atoms with Crippen LogP contribution in [0.1, 0.15) is 78.2 Å². The maximum atomic E-state index is 11.0. The Kier molecular flexibility index (Phi) is 12.2. The Hall–Kier alpha value is -1.58. The third kappa shape index (κ3) is 7.39. The summed E-state index contributed by atoms with van der Waals surface area (Å²) in [6.07, 6.45) is 9.47. The number of benzene rings is 2. The molecule has 215 valence electrons. The number of aryl methyl sites for hydroxylation is 1. The van der Waals surface area contributed by atoms with E-state index in [0.29, 0.717) is 29.6 Å². The van der Waals surface area contributed by atoms with Crippen molar-refractivity contribution in [3.63, 3.8) is 0 Å². The molecule has 2 aliphatic carbocycles. The largest absolute Gasteiger partial charge is 0.392 e. The van der Waals surface area contributed by atoms with Gasteiger partial charge in [0.15, 0.2) is 0 Å². The fourth-order valence-electron chi connectivity index (χ4n) is 7.12. The Labute approximate surface area is 250 Å². The molecule has 2 saturated carbocycles. The summed E-state index contributed by atoms with van der Waals surface area (Å²) in [6, 6.07) is 19.7. The van der Waals surface area contributed by atoms with E-state index in [1.54, 1.807) is 0 Å². The Morgan fingerprint density at radius 1 is 0.897 bits per heavy atom. The van der Waals surface area contributed by atoms with Gasteiger partial charge in [0, 0.05) is 32.2 Å². The molecule has 0 spiro atoms. The van der Waals surface area contributed by atoms with E-state index in [9.17, 15) is 10.2 Å². The number of hydrogen-bond acceptors (Lipinski definition) is 3. The molecule has 3 aromatic rings. The standard InChI is InChI=1S/C19H36O2.C16H12N.Ir/c1-5-12(3)15-9-7-8-14-10-11-16(13(4)6-2)19(21)17(14)18(15)20;1-12-7-8-15-14(11-12)9-10-17-16(15)13-5-3-2-4-6-13;/h12-21H,5-11H2,1-4H3;2-5,7-11H,1H3;/q;-1;/t12?,13?,14?,15-,16+,17?,18?,19?;;/m1../s1. The van der Waals surface area contributed by atoms with E-state index >= 15 is 0 Å². The van der Waals surface area contributed by atoms with Gasteiger partial charge in [-0.2, -0.15) is 0 Å². The minimum absolute atomic E-state index is 0. The van der Waals surface area contributed by atoms with Crippen molar-refractivity contribution in [3.05, 3.63) is 66.4 Å². The van der Waals surface area contributed by atoms with Crippen molar-refractivity contribution < 1.29 is 30.3 Å². The molecule has 5 rings (SSSR count). The summed E-state index contributed by atoms with van der Waals surface area (Å²) in [5.41, 5.74) is 3.32. The molecule has 0 saturated heterocycles. The maximum absolute atomic E-state index is 11.0. The average molecular weight is 707 g/mol. The number of pyridine rings is 1. The van der Waals surface area contributed by atoms with Crippen molar-refractivity contribution in [1.29, 1.82) is 0 Å². The Balaban J connectivity index is 0.000000214. The number of aliphatic hydroxyl groups excluding tert-OH is 2. The van der Waals surface area contributed by atoms with Crippen LogP contribution in [0.3, 0.4) is 0 Å². The first-order chi connectivity index (χ1) is 18.3. The first-order valence-corrected chi connectivity index (χ1v) is 15.0. The molecule has 2 fully saturated rings. The fourth-order valence-corrected chi connectivity index (χ4v) is 7.12. The zero-order chi connectivity index (χ0) is 27.2. The van der Waals surface area contributed by atoms with Gasteiger partial charge >= 0.3 is 0 Å². The van der Waals surface area contributed by atoms with Gasteiger partial charge in [0.2, 0.25) is 0 Å². The van der Waals surface area contributed by atoms with Gasteiger partial charge < -0.3 is 15.2 Å². The molecule has 3 nitrogen and oxygen atoms in total. The van der Waals surface area contributed by atoms with Crippen LogP contribution in [0.2, 0.25) is 0 Å². The second-order valence-electron chi connectivity index (χ2n) is 12.1. The van der Waals surface area contributed by atoms with Gasteiger partial charge in [-0.25, -0.2) is 0 Å². The molecule has 39 heavy (non-hydrogen) atoms. The van der Waals surface area contributed by atoms with E-state index in [2.05, 4.69) is 69.9 Å². The Morgan fingerprint density at radius 2 is 1.59 bits per heavy atom. The Bertz CT molecular complexity index is 1150. The van der Waals surface area contributed by atoms with Gasteiger partial charge in [0.1, 0.15) is 0 Å². The average Bonchev–Trinajstić information content (AvgIpc) is 3.11. The summed E-state index contributed by atoms with van der Waals surface area (Å²) in [6.45, 7) is 11.1. The molecular formula is C35H48IrNO2-. The van der Waals surface area contributed by atoms with Crippen molar-refractivity contribution in [2.75, 3.05) is 0 Å². The molecule has 6 unspecified atom stereocenters. The van der Waals surface area contributed by atoms with E-state index in [1.807, 2.05) is 30.5 Å². The molecule has 2 aliphatic rings. The van der Waals surface area contributed by atoms with Crippen LogP contribution in [0.4, 0.5) is 0 Å². The van der Waals surface area contributed by atoms with Crippen molar-refractivity contribution in [2.24, 2.45) is 35.5 Å². The second-order valence-corrected chi connectivity index (χ2v) is 12.1. The number of rotatable bonds is 5. The van der Waals surface area contributed by atoms with Crippen LogP contribution in [0.5, 0.6) is 0 Å². The number of hydrogen-bond donors (Lipinski definition) is 2. The second kappa shape index (κ2) is 14.9. The van der Waals surface area contributed by atoms with E-state index in [4.69, 9.17) is 0 Å². The molecule has 0 bridgehead atoms. The van der Waals surface area contributed by atoms with Crippen LogP contribution >= 0.6 is 0 Å². The minimum atomic E-state index is -0.297. The van der Waals surface area contributed by atoms with Crippen LogP contribution in [0, 0.1) is 48.5 Å². The summed E-state index contributed by atoms with van der Waals surface area (Å²) in [4.78, 5) is 4.48. The van der Waals surface area contributed by atoms with Gasteiger partial charge in [-0.1, -0.05) is 70.7 Å². The fraction of sp³-hybridized carbons (Fsp3) is 0.571. The van der Waals surface area contributed by atoms with E-state index in [1.165, 1.54) is 35.6 Å². The first kappa shape index (κ1) is 31.9. The first-order valence-electron chi connectivity index (χ1n) is 15.0. The molecule has 1 radical (unpaired) electrons. The number of aromatic nitrogens is 1. The summed E-state index contributed by atoms with van der Waals surface area (Å²) >= 11 is 0. The van der Waals surface area contributed by atoms with Crippen molar-refractivity contribution in [2.45, 2.75) is 91.8 Å². The van der Waals surface area contributed by atoms with Gasteiger partial charge in [-0.3, -0.25) is 0 Å². The van der Waals surface area contributed by atoms with Crippen molar-refractivity contribution in [1.82, 2.24) is 4.98 Å². The summed E-state index contributed by atoms with van der Waals surface area (Å²) in [7, 11) is 0. The van der Waals surface area contributed by atoms with Crippen LogP contribution in [-0.4, -0.2) is 27.4 Å². The SMILES string of the molecule is CCC(C)[C@H]1CCCC2CC[C@@H](C(C)CC)C(O)C2C1O.Cc1ccc2c(-c3[c-]cccc3)nccc2c1.[Ir]. The van der Waals surface area contributed by atoms with E-state index < -0.39 is 0 Å². The van der Waals surface area contributed by atoms with Gasteiger partial charge in [-0.05, 0) is 84.7 Å². The molecule has 2 aromatic carbocycles. The molecular weight excluding hydrogens is 659 g/mol. The number of aliphatic hydroxyl groups is 2. The normalized spacial score (nSPS) is 28.2. The molecule has 1 heterocycles. The monoisotopic (exact) mass is 707 g/mol. The number of fused-ring (bicyclic) bond motifs is 2. The molecule has 2 N–H and O–H groups in total. The van der Waals surface area contributed by atoms with Gasteiger partial charge in [-0.15, -0.1) is 35.9 Å². The molecule has 8 atom stereocenters. The maximum Gasteiger partial charge on any atom is 0.0626 e. The molecule has 0 aliphatic heterocycles. The van der Waals surface area contributed by atoms with Gasteiger partial charge in [0.25, 0.3) is 0 Å². The van der Waals surface area contributed by atoms with Crippen molar-refractivity contribution >= 4 is 10.8 Å². The summed E-state index contributed by atoms with van der Waals surface area (Å²) in [5, 5.41) is 24.4. The summed E-state index contributed by atoms with van der Waals surface area (Å²) < 4.78 is 0. The van der Waals surface area contributed by atoms with Gasteiger partial charge in [0.05, 0.1) is 12.2 Å². The third-order valence-corrected chi connectivity index (χ3v) is 9.83. The smallest absolute Gasteiger partial charge is 0.0626 e. The van der Waals surface area contributed by atoms with Crippen LogP contribution in [-0.2, 0) is 20.1 Å². The quantitative estimate of drug-likeness (QED) is 0.263. The van der Waals surface area contributed by atoms with E-state index in [0.717, 1.165) is 36.9 Å².